The van der Waals surface area contributed by atoms with Crippen LogP contribution in [-0.2, 0) is 17.8 Å². The topological polar surface area (TPSA) is 36.0 Å². The third-order valence-corrected chi connectivity index (χ3v) is 8.14. The molecule has 1 aromatic rings. The maximum atomic E-state index is 12.7. The van der Waals surface area contributed by atoms with Crippen LogP contribution < -0.4 is 0 Å². The average molecular weight is 556 g/mol. The van der Waals surface area contributed by atoms with Gasteiger partial charge in [-0.1, -0.05) is 30.2 Å². The number of carbonyl (C=O) groups excluding carboxylic acids is 1. The summed E-state index contributed by atoms with van der Waals surface area (Å²) >= 11 is 6.46. The molecule has 3 saturated heterocycles. The summed E-state index contributed by atoms with van der Waals surface area (Å²) in [7, 11) is 0. The van der Waals surface area contributed by atoms with Crippen LogP contribution in [0.5, 0.6) is 0 Å². The van der Waals surface area contributed by atoms with Crippen molar-refractivity contribution in [2.45, 2.75) is 70.1 Å². The van der Waals surface area contributed by atoms with E-state index >= 15 is 0 Å². The summed E-state index contributed by atoms with van der Waals surface area (Å²) in [5.41, 5.74) is 2.14. The quantitative estimate of drug-likeness (QED) is 0.403. The first-order valence-electron chi connectivity index (χ1n) is 12.7. The molecule has 1 spiro atoms. The first kappa shape index (κ1) is 28.3. The molecular formula is C25H32ClF6N3O2. The van der Waals surface area contributed by atoms with Crippen LogP contribution in [0.4, 0.5) is 31.1 Å². The second-order valence-corrected chi connectivity index (χ2v) is 11.0. The molecule has 5 nitrogen and oxygen atoms in total. The molecule has 0 saturated carbocycles. The summed E-state index contributed by atoms with van der Waals surface area (Å²) in [6.07, 6.45) is -11.6. The molecule has 12 heteroatoms. The van der Waals surface area contributed by atoms with Gasteiger partial charge in [0.2, 0.25) is 0 Å². The van der Waals surface area contributed by atoms with Crippen molar-refractivity contribution in [1.29, 1.82) is 0 Å². The summed E-state index contributed by atoms with van der Waals surface area (Å²) in [4.78, 5) is 17.8. The van der Waals surface area contributed by atoms with E-state index in [1.165, 1.54) is 19.3 Å². The van der Waals surface area contributed by atoms with Gasteiger partial charge in [0.05, 0.1) is 0 Å². The van der Waals surface area contributed by atoms with Crippen molar-refractivity contribution in [3.63, 3.8) is 0 Å². The van der Waals surface area contributed by atoms with Gasteiger partial charge in [-0.3, -0.25) is 9.80 Å². The molecule has 0 aliphatic carbocycles. The van der Waals surface area contributed by atoms with Gasteiger partial charge in [-0.05, 0) is 74.3 Å². The van der Waals surface area contributed by atoms with Gasteiger partial charge in [-0.2, -0.15) is 26.3 Å². The molecule has 1 aromatic carbocycles. The van der Waals surface area contributed by atoms with Gasteiger partial charge < -0.3 is 9.64 Å². The molecule has 0 N–H and O–H groups in total. The lowest BCUT2D eigenvalue weighted by Gasteiger charge is -2.39. The summed E-state index contributed by atoms with van der Waals surface area (Å²) in [6.45, 7) is 5.43. The van der Waals surface area contributed by atoms with Gasteiger partial charge >= 0.3 is 18.4 Å². The minimum atomic E-state index is -5.72. The zero-order valence-corrected chi connectivity index (χ0v) is 21.3. The number of ether oxygens (including phenoxy) is 1. The molecule has 37 heavy (non-hydrogen) atoms. The Kier molecular flexibility index (Phi) is 8.55. The number of hydrogen-bond donors (Lipinski definition) is 0. The van der Waals surface area contributed by atoms with E-state index in [4.69, 9.17) is 11.6 Å². The monoisotopic (exact) mass is 555 g/mol. The van der Waals surface area contributed by atoms with Gasteiger partial charge in [0, 0.05) is 37.7 Å². The van der Waals surface area contributed by atoms with Gasteiger partial charge in [0.1, 0.15) is 0 Å². The van der Waals surface area contributed by atoms with Crippen molar-refractivity contribution in [2.24, 2.45) is 5.41 Å². The Morgan fingerprint density at radius 2 is 1.51 bits per heavy atom. The van der Waals surface area contributed by atoms with Crippen LogP contribution in [-0.4, -0.2) is 78.5 Å². The van der Waals surface area contributed by atoms with E-state index in [9.17, 15) is 31.1 Å². The Labute approximate surface area is 217 Å². The largest absolute Gasteiger partial charge is 0.434 e. The van der Waals surface area contributed by atoms with E-state index in [0.717, 1.165) is 66.7 Å². The second-order valence-electron chi connectivity index (χ2n) is 10.6. The van der Waals surface area contributed by atoms with E-state index in [1.54, 1.807) is 0 Å². The van der Waals surface area contributed by atoms with Crippen LogP contribution in [0.15, 0.2) is 18.2 Å². The van der Waals surface area contributed by atoms with Crippen molar-refractivity contribution >= 4 is 17.7 Å². The summed E-state index contributed by atoms with van der Waals surface area (Å²) < 4.78 is 80.3. The van der Waals surface area contributed by atoms with Crippen LogP contribution in [0.25, 0.3) is 0 Å². The highest BCUT2D eigenvalue weighted by atomic mass is 35.5. The van der Waals surface area contributed by atoms with Gasteiger partial charge in [-0.15, -0.1) is 0 Å². The number of benzene rings is 1. The van der Waals surface area contributed by atoms with E-state index in [1.807, 2.05) is 12.1 Å². The number of alkyl halides is 6. The molecule has 3 aliphatic rings. The van der Waals surface area contributed by atoms with Crippen molar-refractivity contribution in [3.05, 3.63) is 34.3 Å². The van der Waals surface area contributed by atoms with E-state index in [2.05, 4.69) is 20.6 Å². The first-order valence-corrected chi connectivity index (χ1v) is 13.0. The fraction of sp³-hybridized carbons (Fsp3) is 0.720. The number of likely N-dealkylation sites (tertiary alicyclic amines) is 3. The summed E-state index contributed by atoms with van der Waals surface area (Å²) in [5, 5.41) is 0.754. The Hall–Kier alpha value is -1.72. The zero-order valence-electron chi connectivity index (χ0n) is 20.5. The summed E-state index contributed by atoms with van der Waals surface area (Å²) in [6, 6.07) is 6.10. The maximum Gasteiger partial charge on any atom is 0.434 e. The number of hydrogen-bond acceptors (Lipinski definition) is 4. The normalized spacial score (nSPS) is 21.7. The second kappa shape index (κ2) is 11.2. The van der Waals surface area contributed by atoms with Gasteiger partial charge in [-0.25, -0.2) is 4.79 Å². The number of amides is 1. The van der Waals surface area contributed by atoms with Crippen molar-refractivity contribution in [2.75, 3.05) is 39.3 Å². The van der Waals surface area contributed by atoms with Gasteiger partial charge in [0.25, 0.3) is 6.10 Å². The molecule has 3 aliphatic heterocycles. The third kappa shape index (κ3) is 7.23. The lowest BCUT2D eigenvalue weighted by atomic mass is 9.78. The Bertz CT molecular complexity index is 929. The molecule has 0 unspecified atom stereocenters. The lowest BCUT2D eigenvalue weighted by molar-refractivity contribution is -0.308. The number of rotatable bonds is 5. The number of piperidine rings is 2. The molecule has 4 rings (SSSR count). The molecule has 0 aromatic heterocycles. The summed E-state index contributed by atoms with van der Waals surface area (Å²) in [5.74, 6) is 0. The molecule has 1 amide bonds. The highest BCUT2D eigenvalue weighted by Gasteiger charge is 2.60. The number of carbonyl (C=O) groups is 1. The van der Waals surface area contributed by atoms with Crippen LogP contribution in [0.2, 0.25) is 5.02 Å². The maximum absolute atomic E-state index is 12.7. The highest BCUT2D eigenvalue weighted by Crippen LogP contribution is 2.42. The number of halogens is 7. The lowest BCUT2D eigenvalue weighted by Crippen LogP contribution is -2.50. The minimum absolute atomic E-state index is 0.0655. The first-order chi connectivity index (χ1) is 17.3. The molecule has 3 fully saturated rings. The van der Waals surface area contributed by atoms with Crippen LogP contribution in [0, 0.1) is 5.41 Å². The standard InChI is InChI=1S/C25H32ClF6N3O2/c26-20-5-4-18(14-19(20)16-33-9-2-1-3-10-33)15-34-11-6-23(17-34)7-12-35(13-8-23)22(36)37-21(24(27,28)29)25(30,31)32/h4-5,14,21H,1-3,6-13,15-17H2. The number of nitrogens with zero attached hydrogens (tertiary/aromatic N) is 3. The minimum Gasteiger partial charge on any atom is -0.426 e. The molecule has 0 bridgehead atoms. The van der Waals surface area contributed by atoms with Crippen molar-refractivity contribution < 1.29 is 35.9 Å². The molecule has 0 radical (unpaired) electrons. The van der Waals surface area contributed by atoms with Crippen LogP contribution in [0.1, 0.15) is 49.7 Å². The van der Waals surface area contributed by atoms with Crippen molar-refractivity contribution in [1.82, 2.24) is 14.7 Å². The predicted octanol–water partition coefficient (Wildman–Crippen LogP) is 6.24. The van der Waals surface area contributed by atoms with E-state index in [-0.39, 0.29) is 18.5 Å². The Morgan fingerprint density at radius 3 is 2.14 bits per heavy atom. The molecule has 3 heterocycles. The van der Waals surface area contributed by atoms with Crippen LogP contribution in [0.3, 0.4) is 0 Å². The van der Waals surface area contributed by atoms with Crippen LogP contribution >= 0.6 is 11.6 Å². The fourth-order valence-electron chi connectivity index (χ4n) is 5.69. The van der Waals surface area contributed by atoms with Gasteiger partial charge in [0.15, 0.2) is 0 Å². The highest BCUT2D eigenvalue weighted by molar-refractivity contribution is 6.31. The fourth-order valence-corrected chi connectivity index (χ4v) is 5.87. The van der Waals surface area contributed by atoms with Crippen molar-refractivity contribution in [3.8, 4) is 0 Å². The van der Waals surface area contributed by atoms with E-state index < -0.39 is 24.5 Å². The smallest absolute Gasteiger partial charge is 0.426 e. The molecule has 0 atom stereocenters. The average Bonchev–Trinajstić information content (AvgIpc) is 3.21. The van der Waals surface area contributed by atoms with E-state index in [0.29, 0.717) is 12.8 Å². The molecule has 208 valence electrons. The SMILES string of the molecule is O=C(OC(C(F)(F)F)C(F)(F)F)N1CCC2(CCN(Cc3ccc(Cl)c(CN4CCCCC4)c3)C2)CC1. The molecular weight excluding hydrogens is 524 g/mol. The third-order valence-electron chi connectivity index (χ3n) is 7.77. The zero-order chi connectivity index (χ0) is 26.8. The predicted molar refractivity (Wildman–Crippen MR) is 126 cm³/mol. The Balaban J connectivity index is 1.29. The Morgan fingerprint density at radius 1 is 0.892 bits per heavy atom.